The molecule has 17 heavy (non-hydrogen) atoms. The molecule has 1 saturated heterocycles. The van der Waals surface area contributed by atoms with Crippen LogP contribution < -0.4 is 0 Å². The Morgan fingerprint density at radius 1 is 1.59 bits per heavy atom. The first-order chi connectivity index (χ1) is 8.18. The lowest BCUT2D eigenvalue weighted by atomic mass is 9.89. The van der Waals surface area contributed by atoms with E-state index >= 15 is 0 Å². The average molecular weight is 228 g/mol. The summed E-state index contributed by atoms with van der Waals surface area (Å²) in [5, 5.41) is 24.0. The van der Waals surface area contributed by atoms with Crippen molar-refractivity contribution in [2.75, 3.05) is 0 Å². The fourth-order valence-electron chi connectivity index (χ4n) is 2.41. The highest BCUT2D eigenvalue weighted by Crippen LogP contribution is 2.40. The first kappa shape index (κ1) is 11.3. The Hall–Kier alpha value is -2.14. The fourth-order valence-corrected chi connectivity index (χ4v) is 2.41. The number of Topliss-reactive ketones (excluding diaryl/α,β-unsaturated/α-hetero) is 1. The number of hydrogen-bond donors (Lipinski definition) is 0. The summed E-state index contributed by atoms with van der Waals surface area (Å²) in [6.45, 7) is 1.79. The summed E-state index contributed by atoms with van der Waals surface area (Å²) < 4.78 is 0. The predicted molar refractivity (Wildman–Crippen MR) is 60.6 cm³/mol. The number of rotatable bonds is 2. The number of hydrogen-bond acceptors (Lipinski definition) is 5. The monoisotopic (exact) mass is 228 g/mol. The van der Waals surface area contributed by atoms with Crippen LogP contribution in [0.5, 0.6) is 0 Å². The van der Waals surface area contributed by atoms with Gasteiger partial charge in [0.25, 0.3) is 0 Å². The maximum absolute atomic E-state index is 11.9. The summed E-state index contributed by atoms with van der Waals surface area (Å²) in [6.07, 6.45) is 5.78. The smallest absolute Gasteiger partial charge is 0.230 e. The van der Waals surface area contributed by atoms with Gasteiger partial charge in [-0.3, -0.25) is 9.80 Å². The Kier molecular flexibility index (Phi) is 2.69. The molecular weight excluding hydrogens is 216 g/mol. The van der Waals surface area contributed by atoms with Gasteiger partial charge in [-0.05, 0) is 6.08 Å². The lowest BCUT2D eigenvalue weighted by Gasteiger charge is -2.28. The Balaban J connectivity index is 2.42. The molecule has 0 N–H and O–H groups in total. The van der Waals surface area contributed by atoms with Crippen LogP contribution in [0.1, 0.15) is 19.8 Å². The molecule has 2 heterocycles. The van der Waals surface area contributed by atoms with Crippen LogP contribution in [0.3, 0.4) is 0 Å². The Morgan fingerprint density at radius 2 is 2.29 bits per heavy atom. The van der Waals surface area contributed by atoms with Crippen LogP contribution in [-0.4, -0.2) is 28.6 Å². The highest BCUT2D eigenvalue weighted by atomic mass is 16.1. The predicted octanol–water partition coefficient (Wildman–Crippen LogP) is 0.998. The SMILES string of the molecule is CCC(=O)[C@H]1CC(C#N)(C#N)N2N=CC=C[C@@H]12. The zero-order valence-electron chi connectivity index (χ0n) is 9.50. The van der Waals surface area contributed by atoms with Gasteiger partial charge in [-0.15, -0.1) is 0 Å². The van der Waals surface area contributed by atoms with Gasteiger partial charge in [0, 0.05) is 25.0 Å². The second-order valence-corrected chi connectivity index (χ2v) is 4.20. The minimum atomic E-state index is -1.30. The van der Waals surface area contributed by atoms with Crippen LogP contribution in [0.25, 0.3) is 0 Å². The number of nitriles is 2. The highest BCUT2D eigenvalue weighted by molar-refractivity contribution is 5.83. The van der Waals surface area contributed by atoms with Gasteiger partial charge in [0.2, 0.25) is 5.54 Å². The van der Waals surface area contributed by atoms with Crippen molar-refractivity contribution in [2.24, 2.45) is 11.0 Å². The van der Waals surface area contributed by atoms with E-state index in [2.05, 4.69) is 5.10 Å². The lowest BCUT2D eigenvalue weighted by Crippen LogP contribution is -2.42. The molecule has 0 aromatic rings. The number of hydrazone groups is 1. The van der Waals surface area contributed by atoms with E-state index in [1.165, 1.54) is 5.01 Å². The van der Waals surface area contributed by atoms with Crippen LogP contribution in [0.15, 0.2) is 17.3 Å². The molecule has 5 nitrogen and oxygen atoms in total. The van der Waals surface area contributed by atoms with Gasteiger partial charge < -0.3 is 0 Å². The van der Waals surface area contributed by atoms with Gasteiger partial charge in [-0.25, -0.2) is 0 Å². The van der Waals surface area contributed by atoms with Gasteiger partial charge >= 0.3 is 0 Å². The van der Waals surface area contributed by atoms with Crippen molar-refractivity contribution in [2.45, 2.75) is 31.3 Å². The van der Waals surface area contributed by atoms with Crippen molar-refractivity contribution in [1.29, 1.82) is 10.5 Å². The number of carbonyl (C=O) groups excluding carboxylic acids is 1. The van der Waals surface area contributed by atoms with Crippen LogP contribution in [-0.2, 0) is 4.79 Å². The average Bonchev–Trinajstić information content (AvgIpc) is 2.73. The van der Waals surface area contributed by atoms with E-state index in [-0.39, 0.29) is 24.2 Å². The van der Waals surface area contributed by atoms with E-state index in [0.717, 1.165) is 0 Å². The Bertz CT molecular complexity index is 466. The van der Waals surface area contributed by atoms with Crippen molar-refractivity contribution >= 4 is 12.0 Å². The first-order valence-corrected chi connectivity index (χ1v) is 5.54. The molecule has 0 bridgehead atoms. The Morgan fingerprint density at radius 3 is 2.88 bits per heavy atom. The summed E-state index contributed by atoms with van der Waals surface area (Å²) in [6, 6.07) is 3.74. The Labute approximate surface area is 99.6 Å². The maximum atomic E-state index is 11.9. The molecule has 2 rings (SSSR count). The zero-order chi connectivity index (χ0) is 12.5. The highest BCUT2D eigenvalue weighted by Gasteiger charge is 2.54. The van der Waals surface area contributed by atoms with Gasteiger partial charge in [-0.1, -0.05) is 13.0 Å². The quantitative estimate of drug-likeness (QED) is 0.706. The molecule has 0 spiro atoms. The molecule has 5 heteroatoms. The molecule has 2 aliphatic rings. The van der Waals surface area contributed by atoms with Crippen molar-refractivity contribution in [1.82, 2.24) is 5.01 Å². The number of carbonyl (C=O) groups is 1. The standard InChI is InChI=1S/C12H12N4O/c1-2-11(17)9-6-12(7-13,8-14)16-10(9)4-3-5-15-16/h3-5,9-10H,2,6H2,1H3/t9-,10-/m0/s1. The summed E-state index contributed by atoms with van der Waals surface area (Å²) in [5.74, 6) is -0.234. The molecular formula is C12H12N4O. The topological polar surface area (TPSA) is 80.2 Å². The summed E-state index contributed by atoms with van der Waals surface area (Å²) >= 11 is 0. The van der Waals surface area contributed by atoms with Crippen LogP contribution in [0.4, 0.5) is 0 Å². The largest absolute Gasteiger partial charge is 0.299 e. The third kappa shape index (κ3) is 1.52. The molecule has 0 amide bonds. The summed E-state index contributed by atoms with van der Waals surface area (Å²) in [7, 11) is 0. The molecule has 0 aromatic heterocycles. The van der Waals surface area contributed by atoms with Crippen LogP contribution in [0, 0.1) is 28.6 Å². The molecule has 0 radical (unpaired) electrons. The zero-order valence-corrected chi connectivity index (χ0v) is 9.50. The van der Waals surface area contributed by atoms with Crippen LogP contribution in [0.2, 0.25) is 0 Å². The van der Waals surface area contributed by atoms with Crippen molar-refractivity contribution in [3.63, 3.8) is 0 Å². The van der Waals surface area contributed by atoms with E-state index in [1.54, 1.807) is 19.2 Å². The van der Waals surface area contributed by atoms with Crippen molar-refractivity contribution < 1.29 is 4.79 Å². The summed E-state index contributed by atoms with van der Waals surface area (Å²) in [4.78, 5) is 11.9. The molecule has 0 saturated carbocycles. The third-order valence-corrected chi connectivity index (χ3v) is 3.32. The van der Waals surface area contributed by atoms with E-state index in [1.807, 2.05) is 18.2 Å². The van der Waals surface area contributed by atoms with Crippen molar-refractivity contribution in [3.8, 4) is 12.1 Å². The molecule has 2 atom stereocenters. The minimum absolute atomic E-state index is 0.0779. The van der Waals surface area contributed by atoms with E-state index < -0.39 is 5.54 Å². The molecule has 1 fully saturated rings. The van der Waals surface area contributed by atoms with Gasteiger partial charge in [0.1, 0.15) is 17.9 Å². The fraction of sp³-hybridized carbons (Fsp3) is 0.500. The molecule has 2 aliphatic heterocycles. The summed E-state index contributed by atoms with van der Waals surface area (Å²) in [5.41, 5.74) is -1.30. The van der Waals surface area contributed by atoms with Gasteiger partial charge in [0.15, 0.2) is 0 Å². The number of nitrogens with zero attached hydrogens (tertiary/aromatic N) is 4. The van der Waals surface area contributed by atoms with Crippen molar-refractivity contribution in [3.05, 3.63) is 12.2 Å². The second-order valence-electron chi connectivity index (χ2n) is 4.20. The second kappa shape index (κ2) is 4.03. The normalized spacial score (nSPS) is 28.3. The van der Waals surface area contributed by atoms with Gasteiger partial charge in [0.05, 0.1) is 6.04 Å². The first-order valence-electron chi connectivity index (χ1n) is 5.54. The molecule has 86 valence electrons. The maximum Gasteiger partial charge on any atom is 0.230 e. The molecule has 0 aromatic carbocycles. The number of fused-ring (bicyclic) bond motifs is 1. The van der Waals surface area contributed by atoms with E-state index in [9.17, 15) is 15.3 Å². The molecule has 0 unspecified atom stereocenters. The number of ketones is 1. The minimum Gasteiger partial charge on any atom is -0.299 e. The van der Waals surface area contributed by atoms with Crippen LogP contribution >= 0.6 is 0 Å². The third-order valence-electron chi connectivity index (χ3n) is 3.32. The lowest BCUT2D eigenvalue weighted by molar-refractivity contribution is -0.122. The number of allylic oxidation sites excluding steroid dienone is 1. The van der Waals surface area contributed by atoms with E-state index in [0.29, 0.717) is 6.42 Å². The molecule has 0 aliphatic carbocycles. The van der Waals surface area contributed by atoms with Gasteiger partial charge in [-0.2, -0.15) is 15.6 Å². The van der Waals surface area contributed by atoms with E-state index in [4.69, 9.17) is 0 Å².